The van der Waals surface area contributed by atoms with Crippen LogP contribution in [-0.4, -0.2) is 29.9 Å². The number of hydrogen-bond donors (Lipinski definition) is 1. The van der Waals surface area contributed by atoms with E-state index in [0.717, 1.165) is 5.56 Å². The van der Waals surface area contributed by atoms with E-state index in [1.807, 2.05) is 6.07 Å². The van der Waals surface area contributed by atoms with Gasteiger partial charge < -0.3 is 10.6 Å². The van der Waals surface area contributed by atoms with E-state index in [2.05, 4.69) is 0 Å². The molecule has 5 nitrogen and oxygen atoms in total. The molecule has 1 heterocycles. The van der Waals surface area contributed by atoms with Gasteiger partial charge in [0.1, 0.15) is 6.04 Å². The normalized spacial score (nSPS) is 20.3. The summed E-state index contributed by atoms with van der Waals surface area (Å²) < 4.78 is 0. The molecule has 17 heavy (non-hydrogen) atoms. The predicted octanol–water partition coefficient (Wildman–Crippen LogP) is 0.932. The number of carbonyl (C=O) groups excluding carboxylic acids is 2. The van der Waals surface area contributed by atoms with Gasteiger partial charge >= 0.3 is 6.03 Å². The molecule has 1 atom stereocenters. The fourth-order valence-corrected chi connectivity index (χ4v) is 1.83. The van der Waals surface area contributed by atoms with Gasteiger partial charge in [-0.25, -0.2) is 9.69 Å². The van der Waals surface area contributed by atoms with Gasteiger partial charge in [-0.3, -0.25) is 4.79 Å². The van der Waals surface area contributed by atoms with Crippen LogP contribution in [0.2, 0.25) is 0 Å². The highest BCUT2D eigenvalue weighted by Gasteiger charge is 2.41. The summed E-state index contributed by atoms with van der Waals surface area (Å²) >= 11 is 0. The Bertz CT molecular complexity index is 453. The lowest BCUT2D eigenvalue weighted by atomic mass is 10.2. The largest absolute Gasteiger partial charge is 0.331 e. The Morgan fingerprint density at radius 3 is 2.59 bits per heavy atom. The molecule has 90 valence electrons. The summed E-state index contributed by atoms with van der Waals surface area (Å²) in [5.74, 6) is -0.202. The van der Waals surface area contributed by atoms with E-state index in [1.165, 1.54) is 9.80 Å². The highest BCUT2D eigenvalue weighted by atomic mass is 16.2. The molecule has 3 amide bonds. The highest BCUT2D eigenvalue weighted by molar-refractivity contribution is 6.21. The molecule has 1 aliphatic heterocycles. The monoisotopic (exact) mass is 233 g/mol. The number of likely N-dealkylation sites (N-methyl/N-ethyl adjacent to an activating group) is 1. The Kier molecular flexibility index (Phi) is 2.85. The van der Waals surface area contributed by atoms with Gasteiger partial charge in [-0.2, -0.15) is 0 Å². The lowest BCUT2D eigenvalue weighted by molar-refractivity contribution is -0.119. The fraction of sp³-hybridized carbons (Fsp3) is 0.333. The maximum atomic E-state index is 12.0. The number of hydrogen-bond acceptors (Lipinski definition) is 3. The van der Waals surface area contributed by atoms with E-state index in [-0.39, 0.29) is 11.9 Å². The van der Waals surface area contributed by atoms with Crippen LogP contribution in [0.3, 0.4) is 0 Å². The summed E-state index contributed by atoms with van der Waals surface area (Å²) in [5, 5.41) is 0. The Morgan fingerprint density at radius 1 is 1.35 bits per heavy atom. The van der Waals surface area contributed by atoms with Crippen molar-refractivity contribution in [2.75, 3.05) is 11.9 Å². The summed E-state index contributed by atoms with van der Waals surface area (Å²) in [5.41, 5.74) is 7.02. The first-order chi connectivity index (χ1) is 8.06. The molecule has 5 heteroatoms. The average molecular weight is 233 g/mol. The van der Waals surface area contributed by atoms with Crippen molar-refractivity contribution in [3.63, 3.8) is 0 Å². The summed E-state index contributed by atoms with van der Waals surface area (Å²) in [6.45, 7) is 2.10. The molecule has 2 rings (SSSR count). The SMILES string of the molecule is CC1C(=O)N(c2cccc(CN)c2)C(=O)N1C. The van der Waals surface area contributed by atoms with Crippen molar-refractivity contribution in [1.29, 1.82) is 0 Å². The number of nitrogens with zero attached hydrogens (tertiary/aromatic N) is 2. The number of benzene rings is 1. The maximum absolute atomic E-state index is 12.0. The number of urea groups is 1. The molecule has 1 unspecified atom stereocenters. The number of imide groups is 1. The smallest absolute Gasteiger partial charge is 0.326 e. The standard InChI is InChI=1S/C12H15N3O2/c1-8-11(16)15(12(17)14(8)2)10-5-3-4-9(6-10)7-13/h3-6,8H,7,13H2,1-2H3. The van der Waals surface area contributed by atoms with Crippen molar-refractivity contribution < 1.29 is 9.59 Å². The van der Waals surface area contributed by atoms with Gasteiger partial charge in [-0.05, 0) is 24.6 Å². The number of anilines is 1. The van der Waals surface area contributed by atoms with E-state index in [0.29, 0.717) is 12.2 Å². The van der Waals surface area contributed by atoms with E-state index in [4.69, 9.17) is 5.73 Å². The molecule has 2 N–H and O–H groups in total. The van der Waals surface area contributed by atoms with Crippen LogP contribution in [0, 0.1) is 0 Å². The van der Waals surface area contributed by atoms with Crippen LogP contribution in [0.5, 0.6) is 0 Å². The van der Waals surface area contributed by atoms with Gasteiger partial charge in [0.05, 0.1) is 5.69 Å². The fourth-order valence-electron chi connectivity index (χ4n) is 1.83. The molecule has 1 aromatic rings. The Hall–Kier alpha value is -1.88. The first-order valence-corrected chi connectivity index (χ1v) is 5.46. The predicted molar refractivity (Wildman–Crippen MR) is 64.4 cm³/mol. The molecular formula is C12H15N3O2. The average Bonchev–Trinajstić information content (AvgIpc) is 2.54. The molecule has 0 bridgehead atoms. The molecular weight excluding hydrogens is 218 g/mol. The van der Waals surface area contributed by atoms with Crippen molar-refractivity contribution in [3.05, 3.63) is 29.8 Å². The molecule has 1 aromatic carbocycles. The van der Waals surface area contributed by atoms with Gasteiger partial charge in [0.2, 0.25) is 0 Å². The molecule has 1 fully saturated rings. The number of amides is 3. The second-order valence-electron chi connectivity index (χ2n) is 4.12. The topological polar surface area (TPSA) is 66.6 Å². The zero-order valence-corrected chi connectivity index (χ0v) is 9.88. The Labute approximate surface area is 99.8 Å². The first kappa shape index (κ1) is 11.6. The molecule has 1 saturated heterocycles. The quantitative estimate of drug-likeness (QED) is 0.773. The van der Waals surface area contributed by atoms with Crippen molar-refractivity contribution in [2.24, 2.45) is 5.73 Å². The van der Waals surface area contributed by atoms with Crippen LogP contribution in [0.1, 0.15) is 12.5 Å². The summed E-state index contributed by atoms with van der Waals surface area (Å²) in [4.78, 5) is 26.5. The van der Waals surface area contributed by atoms with E-state index in [9.17, 15) is 9.59 Å². The van der Waals surface area contributed by atoms with E-state index < -0.39 is 6.04 Å². The molecule has 1 aliphatic rings. The second kappa shape index (κ2) is 4.18. The Morgan fingerprint density at radius 2 is 2.06 bits per heavy atom. The first-order valence-electron chi connectivity index (χ1n) is 5.46. The zero-order valence-electron chi connectivity index (χ0n) is 9.88. The lowest BCUT2D eigenvalue weighted by Crippen LogP contribution is -2.31. The number of rotatable bonds is 2. The second-order valence-corrected chi connectivity index (χ2v) is 4.12. The summed E-state index contributed by atoms with van der Waals surface area (Å²) in [6, 6.07) is 6.45. The Balaban J connectivity index is 2.40. The zero-order chi connectivity index (χ0) is 12.6. The van der Waals surface area contributed by atoms with Crippen LogP contribution in [0.15, 0.2) is 24.3 Å². The summed E-state index contributed by atoms with van der Waals surface area (Å²) in [6.07, 6.45) is 0. The van der Waals surface area contributed by atoms with E-state index >= 15 is 0 Å². The minimum absolute atomic E-state index is 0.202. The van der Waals surface area contributed by atoms with E-state index in [1.54, 1.807) is 32.2 Å². The third kappa shape index (κ3) is 1.78. The van der Waals surface area contributed by atoms with Crippen molar-refractivity contribution >= 4 is 17.6 Å². The molecule has 0 spiro atoms. The highest BCUT2D eigenvalue weighted by Crippen LogP contribution is 2.24. The van der Waals surface area contributed by atoms with Gasteiger partial charge in [0.15, 0.2) is 0 Å². The van der Waals surface area contributed by atoms with Crippen molar-refractivity contribution in [1.82, 2.24) is 4.90 Å². The van der Waals surface area contributed by atoms with Gasteiger partial charge in [-0.15, -0.1) is 0 Å². The van der Waals surface area contributed by atoms with Gasteiger partial charge in [-0.1, -0.05) is 12.1 Å². The van der Waals surface area contributed by atoms with Crippen LogP contribution >= 0.6 is 0 Å². The third-order valence-electron chi connectivity index (χ3n) is 3.06. The minimum atomic E-state index is -0.413. The number of nitrogens with two attached hydrogens (primary N) is 1. The third-order valence-corrected chi connectivity index (χ3v) is 3.06. The van der Waals surface area contributed by atoms with Crippen molar-refractivity contribution in [2.45, 2.75) is 19.5 Å². The van der Waals surface area contributed by atoms with Crippen LogP contribution < -0.4 is 10.6 Å². The van der Waals surface area contributed by atoms with Crippen LogP contribution in [0.25, 0.3) is 0 Å². The summed E-state index contributed by atoms with van der Waals surface area (Å²) in [7, 11) is 1.62. The molecule has 0 aliphatic carbocycles. The van der Waals surface area contributed by atoms with Crippen LogP contribution in [-0.2, 0) is 11.3 Å². The minimum Gasteiger partial charge on any atom is -0.326 e. The van der Waals surface area contributed by atoms with Gasteiger partial charge in [0.25, 0.3) is 5.91 Å². The number of carbonyl (C=O) groups is 2. The van der Waals surface area contributed by atoms with Gasteiger partial charge in [0, 0.05) is 13.6 Å². The van der Waals surface area contributed by atoms with Crippen molar-refractivity contribution in [3.8, 4) is 0 Å². The lowest BCUT2D eigenvalue weighted by Gasteiger charge is -2.14. The molecule has 0 aromatic heterocycles. The van der Waals surface area contributed by atoms with Crippen LogP contribution in [0.4, 0.5) is 10.5 Å². The molecule has 0 radical (unpaired) electrons. The maximum Gasteiger partial charge on any atom is 0.331 e. The molecule has 0 saturated carbocycles.